The van der Waals surface area contributed by atoms with E-state index in [2.05, 4.69) is 5.32 Å². The first-order valence-electron chi connectivity index (χ1n) is 12.7. The standard InChI is InChI=1S/C13H19F3N2O4.C11H20N2O3/c1-12(2,3)22-11(20)17-6-8-9(7-17)21-5-4-18(8)10(19)13(14,15)16;1-11(2,3)16-10(14)13-6-8-9(7-13)15-5-4-12-8/h8-9H,4-7H2,1-3H3;8-9,12H,4-7H2,1-3H3/t2*8-,9-/m11/s1. The number of rotatable bonds is 0. The van der Waals surface area contributed by atoms with Crippen LogP contribution >= 0.6 is 0 Å². The fourth-order valence-corrected chi connectivity index (χ4v) is 4.65. The van der Waals surface area contributed by atoms with Gasteiger partial charge in [-0.05, 0) is 41.5 Å². The molecule has 0 radical (unpaired) electrons. The van der Waals surface area contributed by atoms with Gasteiger partial charge in [0.2, 0.25) is 0 Å². The van der Waals surface area contributed by atoms with Crippen molar-refractivity contribution < 1.29 is 46.5 Å². The van der Waals surface area contributed by atoms with Crippen LogP contribution in [-0.2, 0) is 23.7 Å². The van der Waals surface area contributed by atoms with Gasteiger partial charge in [0.05, 0.1) is 50.6 Å². The highest BCUT2D eigenvalue weighted by molar-refractivity contribution is 5.82. The zero-order valence-electron chi connectivity index (χ0n) is 22.8. The van der Waals surface area contributed by atoms with Crippen molar-refractivity contribution >= 4 is 18.1 Å². The van der Waals surface area contributed by atoms with Crippen LogP contribution in [0.4, 0.5) is 22.8 Å². The summed E-state index contributed by atoms with van der Waals surface area (Å²) in [5, 5.41) is 3.35. The van der Waals surface area contributed by atoms with Gasteiger partial charge < -0.3 is 39.0 Å². The Bertz CT molecular complexity index is 861. The van der Waals surface area contributed by atoms with Gasteiger partial charge in [-0.1, -0.05) is 0 Å². The van der Waals surface area contributed by atoms with E-state index >= 15 is 0 Å². The largest absolute Gasteiger partial charge is 0.471 e. The Hall–Kier alpha value is -2.32. The summed E-state index contributed by atoms with van der Waals surface area (Å²) < 4.78 is 59.4. The number of hydrogen-bond acceptors (Lipinski definition) is 8. The molecule has 0 aliphatic carbocycles. The maximum atomic E-state index is 12.6. The van der Waals surface area contributed by atoms with Gasteiger partial charge in [0.1, 0.15) is 11.2 Å². The molecule has 4 heterocycles. The Labute approximate surface area is 220 Å². The average molecular weight is 553 g/mol. The Morgan fingerprint density at radius 1 is 0.789 bits per heavy atom. The van der Waals surface area contributed by atoms with Gasteiger partial charge in [0.25, 0.3) is 0 Å². The molecule has 0 unspecified atom stereocenters. The van der Waals surface area contributed by atoms with Crippen molar-refractivity contribution in [3.63, 3.8) is 0 Å². The molecule has 4 aliphatic heterocycles. The summed E-state index contributed by atoms with van der Waals surface area (Å²) in [5.74, 6) is -1.89. The third-order valence-electron chi connectivity index (χ3n) is 6.21. The summed E-state index contributed by atoms with van der Waals surface area (Å²) in [6.45, 7) is 13.6. The van der Waals surface area contributed by atoms with Crippen molar-refractivity contribution in [2.24, 2.45) is 0 Å². The molecule has 218 valence electrons. The van der Waals surface area contributed by atoms with Gasteiger partial charge in [-0.15, -0.1) is 0 Å². The number of amides is 3. The predicted octanol–water partition coefficient (Wildman–Crippen LogP) is 1.99. The monoisotopic (exact) mass is 552 g/mol. The highest BCUT2D eigenvalue weighted by Gasteiger charge is 2.51. The molecular weight excluding hydrogens is 513 g/mol. The lowest BCUT2D eigenvalue weighted by Crippen LogP contribution is -2.56. The van der Waals surface area contributed by atoms with Crippen LogP contribution in [0.25, 0.3) is 0 Å². The van der Waals surface area contributed by atoms with Crippen molar-refractivity contribution in [3.8, 4) is 0 Å². The van der Waals surface area contributed by atoms with Crippen LogP contribution < -0.4 is 5.32 Å². The molecule has 1 N–H and O–H groups in total. The van der Waals surface area contributed by atoms with Crippen molar-refractivity contribution in [1.82, 2.24) is 20.0 Å². The number of ether oxygens (including phenoxy) is 4. The van der Waals surface area contributed by atoms with E-state index in [1.807, 2.05) is 20.8 Å². The van der Waals surface area contributed by atoms with Crippen molar-refractivity contribution in [1.29, 1.82) is 0 Å². The number of carbonyl (C=O) groups is 3. The van der Waals surface area contributed by atoms with Crippen LogP contribution in [0.1, 0.15) is 41.5 Å². The molecule has 38 heavy (non-hydrogen) atoms. The number of likely N-dealkylation sites (tertiary alicyclic amines) is 2. The Kier molecular flexibility index (Phi) is 9.09. The fourth-order valence-electron chi connectivity index (χ4n) is 4.65. The van der Waals surface area contributed by atoms with E-state index in [4.69, 9.17) is 18.9 Å². The van der Waals surface area contributed by atoms with E-state index in [1.54, 1.807) is 25.7 Å². The molecular formula is C24H39F3N4O7. The van der Waals surface area contributed by atoms with Gasteiger partial charge in [-0.3, -0.25) is 4.79 Å². The number of halogens is 3. The maximum absolute atomic E-state index is 12.6. The third-order valence-corrected chi connectivity index (χ3v) is 6.21. The van der Waals surface area contributed by atoms with Gasteiger partial charge in [0, 0.05) is 26.2 Å². The molecule has 0 saturated carbocycles. The first-order chi connectivity index (χ1) is 17.4. The van der Waals surface area contributed by atoms with Gasteiger partial charge >= 0.3 is 24.3 Å². The zero-order valence-corrected chi connectivity index (χ0v) is 22.8. The number of nitrogens with one attached hydrogen (secondary N) is 1. The van der Waals surface area contributed by atoms with Crippen LogP contribution in [0.15, 0.2) is 0 Å². The second kappa shape index (κ2) is 11.4. The molecule has 3 amide bonds. The molecule has 4 atom stereocenters. The summed E-state index contributed by atoms with van der Waals surface area (Å²) in [5.41, 5.74) is -1.13. The number of morpholine rings is 2. The SMILES string of the molecule is CC(C)(C)OC(=O)N1C[C@@H]2[C@@H](C1)OCCN2C(=O)C(F)(F)F.CC(C)(C)OC(=O)N1C[C@H]2NCCO[C@@H]2C1. The maximum Gasteiger partial charge on any atom is 0.471 e. The minimum atomic E-state index is -4.93. The summed E-state index contributed by atoms with van der Waals surface area (Å²) in [4.78, 5) is 39.1. The predicted molar refractivity (Wildman–Crippen MR) is 128 cm³/mol. The molecule has 0 aromatic rings. The van der Waals surface area contributed by atoms with E-state index in [0.29, 0.717) is 13.1 Å². The van der Waals surface area contributed by atoms with Gasteiger partial charge in [-0.2, -0.15) is 13.2 Å². The van der Waals surface area contributed by atoms with E-state index < -0.39 is 41.5 Å². The van der Waals surface area contributed by atoms with Crippen LogP contribution in [-0.4, -0.2) is 127 Å². The summed E-state index contributed by atoms with van der Waals surface area (Å²) in [6, 6.07) is -0.531. The lowest BCUT2D eigenvalue weighted by atomic mass is 10.1. The number of carbonyl (C=O) groups excluding carboxylic acids is 3. The van der Waals surface area contributed by atoms with Crippen LogP contribution in [0, 0.1) is 0 Å². The Morgan fingerprint density at radius 2 is 1.32 bits per heavy atom. The molecule has 11 nitrogen and oxygen atoms in total. The second-order valence-electron chi connectivity index (χ2n) is 11.7. The van der Waals surface area contributed by atoms with Crippen LogP contribution in [0.3, 0.4) is 0 Å². The minimum absolute atomic E-state index is 0.0190. The normalized spacial score (nSPS) is 27.7. The molecule has 14 heteroatoms. The van der Waals surface area contributed by atoms with E-state index in [1.165, 1.54) is 4.90 Å². The van der Waals surface area contributed by atoms with E-state index in [-0.39, 0.29) is 44.5 Å². The average Bonchev–Trinajstić information content (AvgIpc) is 3.40. The fraction of sp³-hybridized carbons (Fsp3) is 0.875. The topological polar surface area (TPSA) is 110 Å². The highest BCUT2D eigenvalue weighted by atomic mass is 19.4. The molecule has 0 spiro atoms. The minimum Gasteiger partial charge on any atom is -0.444 e. The number of alkyl halides is 3. The number of nitrogens with zero attached hydrogens (tertiary/aromatic N) is 3. The Balaban J connectivity index is 0.000000221. The van der Waals surface area contributed by atoms with Crippen LogP contribution in [0.2, 0.25) is 0 Å². The molecule has 0 aromatic heterocycles. The van der Waals surface area contributed by atoms with E-state index in [9.17, 15) is 27.6 Å². The second-order valence-corrected chi connectivity index (χ2v) is 11.7. The van der Waals surface area contributed by atoms with Crippen molar-refractivity contribution in [2.45, 2.75) is 83.2 Å². The number of hydrogen-bond donors (Lipinski definition) is 1. The highest BCUT2D eigenvalue weighted by Crippen LogP contribution is 2.28. The van der Waals surface area contributed by atoms with E-state index in [0.717, 1.165) is 18.1 Å². The molecule has 4 fully saturated rings. The smallest absolute Gasteiger partial charge is 0.444 e. The first-order valence-corrected chi connectivity index (χ1v) is 12.7. The first kappa shape index (κ1) is 30.2. The summed E-state index contributed by atoms with van der Waals surface area (Å²) in [7, 11) is 0. The van der Waals surface area contributed by atoms with Gasteiger partial charge in [0.15, 0.2) is 0 Å². The van der Waals surface area contributed by atoms with Crippen molar-refractivity contribution in [2.75, 3.05) is 52.5 Å². The molecule has 0 bridgehead atoms. The lowest BCUT2D eigenvalue weighted by molar-refractivity contribution is -0.194. The van der Waals surface area contributed by atoms with Gasteiger partial charge in [-0.25, -0.2) is 9.59 Å². The zero-order chi connectivity index (χ0) is 28.5. The quantitative estimate of drug-likeness (QED) is 0.486. The molecule has 0 aromatic carbocycles. The molecule has 4 saturated heterocycles. The molecule has 4 aliphatic rings. The van der Waals surface area contributed by atoms with Crippen LogP contribution in [0.5, 0.6) is 0 Å². The lowest BCUT2D eigenvalue weighted by Gasteiger charge is -2.36. The Morgan fingerprint density at radius 3 is 1.84 bits per heavy atom. The van der Waals surface area contributed by atoms with Crippen molar-refractivity contribution in [3.05, 3.63) is 0 Å². The number of fused-ring (bicyclic) bond motifs is 2. The molecule has 4 rings (SSSR count). The summed E-state index contributed by atoms with van der Waals surface area (Å²) in [6.07, 6.45) is -6.28. The third kappa shape index (κ3) is 8.09. The summed E-state index contributed by atoms with van der Waals surface area (Å²) >= 11 is 0.